The molecule has 1 atom stereocenters. The first-order chi connectivity index (χ1) is 8.47. The van der Waals surface area contributed by atoms with Crippen molar-refractivity contribution in [2.75, 3.05) is 39.0 Å². The van der Waals surface area contributed by atoms with Crippen molar-refractivity contribution in [2.24, 2.45) is 0 Å². The Balaban J connectivity index is 1.67. The Kier molecular flexibility index (Phi) is 4.64. The summed E-state index contributed by atoms with van der Waals surface area (Å²) in [5, 5.41) is 3.53. The average Bonchev–Trinajstić information content (AvgIpc) is 3.12. The van der Waals surface area contributed by atoms with Gasteiger partial charge in [-0.3, -0.25) is 4.90 Å². The molecule has 0 aromatic heterocycles. The van der Waals surface area contributed by atoms with Gasteiger partial charge in [0.25, 0.3) is 0 Å². The largest absolute Gasteiger partial charge is 0.314 e. The van der Waals surface area contributed by atoms with Gasteiger partial charge in [0.05, 0.1) is 6.26 Å². The number of nitrogens with one attached hydrogen (secondary N) is 1. The Morgan fingerprint density at radius 3 is 2.33 bits per heavy atom. The van der Waals surface area contributed by atoms with Crippen molar-refractivity contribution >= 4 is 10.0 Å². The van der Waals surface area contributed by atoms with Gasteiger partial charge in [-0.1, -0.05) is 0 Å². The minimum absolute atomic E-state index is 0.540. The smallest absolute Gasteiger partial charge is 0.211 e. The van der Waals surface area contributed by atoms with Gasteiger partial charge in [0.1, 0.15) is 0 Å². The molecule has 2 aliphatic rings. The van der Waals surface area contributed by atoms with Gasteiger partial charge in [-0.05, 0) is 32.7 Å². The van der Waals surface area contributed by atoms with E-state index in [1.165, 1.54) is 19.1 Å². The zero-order valence-corrected chi connectivity index (χ0v) is 12.2. The fourth-order valence-corrected chi connectivity index (χ4v) is 3.27. The highest BCUT2D eigenvalue weighted by Crippen LogP contribution is 2.18. The molecule has 1 heterocycles. The summed E-state index contributed by atoms with van der Waals surface area (Å²) in [4.78, 5) is 2.40. The summed E-state index contributed by atoms with van der Waals surface area (Å²) in [6, 6.07) is 1.32. The van der Waals surface area contributed by atoms with E-state index in [4.69, 9.17) is 0 Å². The third-order valence-electron chi connectivity index (χ3n) is 3.94. The lowest BCUT2D eigenvalue weighted by molar-refractivity contribution is 0.140. The van der Waals surface area contributed by atoms with Crippen LogP contribution in [0.2, 0.25) is 0 Å². The minimum Gasteiger partial charge on any atom is -0.314 e. The van der Waals surface area contributed by atoms with Gasteiger partial charge < -0.3 is 5.32 Å². The van der Waals surface area contributed by atoms with Crippen LogP contribution in [-0.4, -0.2) is 68.7 Å². The van der Waals surface area contributed by atoms with Crippen LogP contribution in [0.5, 0.6) is 0 Å². The molecular formula is C12H25N3O2S. The van der Waals surface area contributed by atoms with Gasteiger partial charge in [0.15, 0.2) is 0 Å². The van der Waals surface area contributed by atoms with Crippen LogP contribution in [0.15, 0.2) is 0 Å². The van der Waals surface area contributed by atoms with E-state index in [0.717, 1.165) is 32.1 Å². The van der Waals surface area contributed by atoms with Crippen molar-refractivity contribution in [1.29, 1.82) is 0 Å². The maximum atomic E-state index is 11.4. The van der Waals surface area contributed by atoms with Gasteiger partial charge in [-0.15, -0.1) is 0 Å². The summed E-state index contributed by atoms with van der Waals surface area (Å²) in [7, 11) is -3.00. The predicted molar refractivity (Wildman–Crippen MR) is 73.1 cm³/mol. The van der Waals surface area contributed by atoms with E-state index < -0.39 is 10.0 Å². The predicted octanol–water partition coefficient (Wildman–Crippen LogP) is 0.0942. The van der Waals surface area contributed by atoms with Crippen molar-refractivity contribution in [2.45, 2.75) is 38.3 Å². The molecule has 0 amide bonds. The minimum atomic E-state index is -3.00. The van der Waals surface area contributed by atoms with Crippen LogP contribution >= 0.6 is 0 Å². The van der Waals surface area contributed by atoms with Gasteiger partial charge in [0, 0.05) is 38.3 Å². The third-order valence-corrected chi connectivity index (χ3v) is 5.24. The molecule has 1 aliphatic carbocycles. The number of hydrogen-bond donors (Lipinski definition) is 1. The topological polar surface area (TPSA) is 52.6 Å². The molecule has 0 bridgehead atoms. The van der Waals surface area contributed by atoms with E-state index in [-0.39, 0.29) is 0 Å². The quantitative estimate of drug-likeness (QED) is 0.747. The van der Waals surface area contributed by atoms with Crippen LogP contribution in [0.3, 0.4) is 0 Å². The second-order valence-corrected chi connectivity index (χ2v) is 7.55. The SMILES string of the molecule is CC(CCNC1CC1)N1CCN(S(C)(=O)=O)CC1. The van der Waals surface area contributed by atoms with Gasteiger partial charge in [-0.2, -0.15) is 4.31 Å². The van der Waals surface area contributed by atoms with Crippen LogP contribution in [-0.2, 0) is 10.0 Å². The summed E-state index contributed by atoms with van der Waals surface area (Å²) >= 11 is 0. The van der Waals surface area contributed by atoms with E-state index in [0.29, 0.717) is 19.1 Å². The van der Waals surface area contributed by atoms with Crippen LogP contribution in [0.1, 0.15) is 26.2 Å². The molecule has 18 heavy (non-hydrogen) atoms. The number of piperazine rings is 1. The zero-order valence-electron chi connectivity index (χ0n) is 11.4. The Bertz CT molecular complexity index is 360. The lowest BCUT2D eigenvalue weighted by atomic mass is 10.2. The van der Waals surface area contributed by atoms with E-state index in [9.17, 15) is 8.42 Å². The maximum Gasteiger partial charge on any atom is 0.211 e. The lowest BCUT2D eigenvalue weighted by Crippen LogP contribution is -2.51. The van der Waals surface area contributed by atoms with E-state index >= 15 is 0 Å². The van der Waals surface area contributed by atoms with Crippen LogP contribution in [0.4, 0.5) is 0 Å². The molecule has 0 aromatic rings. The van der Waals surface area contributed by atoms with Crippen molar-refractivity contribution < 1.29 is 8.42 Å². The summed E-state index contributed by atoms with van der Waals surface area (Å²) in [6.07, 6.45) is 5.11. The monoisotopic (exact) mass is 275 g/mol. The molecule has 5 nitrogen and oxygen atoms in total. The summed E-state index contributed by atoms with van der Waals surface area (Å²) in [5.74, 6) is 0. The standard InChI is InChI=1S/C12H25N3O2S/c1-11(5-6-13-12-3-4-12)14-7-9-15(10-8-14)18(2,16)17/h11-13H,3-10H2,1-2H3. The molecule has 0 aromatic carbocycles. The first-order valence-corrected chi connectivity index (χ1v) is 8.74. The van der Waals surface area contributed by atoms with Crippen molar-refractivity contribution in [3.05, 3.63) is 0 Å². The van der Waals surface area contributed by atoms with Gasteiger partial charge >= 0.3 is 0 Å². The Morgan fingerprint density at radius 2 is 1.83 bits per heavy atom. The molecule has 1 saturated heterocycles. The first kappa shape index (κ1) is 14.2. The highest BCUT2D eigenvalue weighted by molar-refractivity contribution is 7.88. The molecule has 2 rings (SSSR count). The molecule has 6 heteroatoms. The molecule has 0 spiro atoms. The highest BCUT2D eigenvalue weighted by Gasteiger charge is 2.26. The maximum absolute atomic E-state index is 11.4. The first-order valence-electron chi connectivity index (χ1n) is 6.89. The van der Waals surface area contributed by atoms with Gasteiger partial charge in [-0.25, -0.2) is 8.42 Å². The van der Waals surface area contributed by atoms with E-state index in [1.807, 2.05) is 0 Å². The number of sulfonamides is 1. The van der Waals surface area contributed by atoms with Crippen molar-refractivity contribution in [3.8, 4) is 0 Å². The molecule has 1 aliphatic heterocycles. The van der Waals surface area contributed by atoms with Crippen LogP contribution < -0.4 is 5.32 Å². The molecule has 2 fully saturated rings. The molecule has 1 saturated carbocycles. The summed E-state index contributed by atoms with van der Waals surface area (Å²) in [6.45, 7) is 6.32. The summed E-state index contributed by atoms with van der Waals surface area (Å²) < 4.78 is 24.4. The zero-order chi connectivity index (χ0) is 13.2. The normalized spacial score (nSPS) is 25.2. The second-order valence-electron chi connectivity index (χ2n) is 5.56. The molecule has 106 valence electrons. The summed E-state index contributed by atoms with van der Waals surface area (Å²) in [5.41, 5.74) is 0. The van der Waals surface area contributed by atoms with Crippen molar-refractivity contribution in [3.63, 3.8) is 0 Å². The lowest BCUT2D eigenvalue weighted by Gasteiger charge is -2.37. The van der Waals surface area contributed by atoms with E-state index in [2.05, 4.69) is 17.1 Å². The Hall–Kier alpha value is -0.170. The fourth-order valence-electron chi connectivity index (χ4n) is 2.44. The number of nitrogens with zero attached hydrogens (tertiary/aromatic N) is 2. The molecular weight excluding hydrogens is 250 g/mol. The number of hydrogen-bond acceptors (Lipinski definition) is 4. The highest BCUT2D eigenvalue weighted by atomic mass is 32.2. The second kappa shape index (κ2) is 5.86. The Morgan fingerprint density at radius 1 is 1.22 bits per heavy atom. The molecule has 1 N–H and O–H groups in total. The third kappa shape index (κ3) is 4.19. The van der Waals surface area contributed by atoms with Crippen molar-refractivity contribution in [1.82, 2.24) is 14.5 Å². The van der Waals surface area contributed by atoms with E-state index in [1.54, 1.807) is 4.31 Å². The van der Waals surface area contributed by atoms with Crippen LogP contribution in [0.25, 0.3) is 0 Å². The average molecular weight is 275 g/mol. The fraction of sp³-hybridized carbons (Fsp3) is 1.00. The van der Waals surface area contributed by atoms with Crippen LogP contribution in [0, 0.1) is 0 Å². The van der Waals surface area contributed by atoms with Gasteiger partial charge in [0.2, 0.25) is 10.0 Å². The molecule has 0 radical (unpaired) electrons. The number of rotatable bonds is 6. The molecule has 1 unspecified atom stereocenters. The Labute approximate surface area is 111 Å².